The quantitative estimate of drug-likeness (QED) is 0.418. The van der Waals surface area contributed by atoms with E-state index in [-0.39, 0.29) is 11.3 Å². The van der Waals surface area contributed by atoms with Gasteiger partial charge in [-0.2, -0.15) is 0 Å². The minimum absolute atomic E-state index is 0.0117. The van der Waals surface area contributed by atoms with Gasteiger partial charge in [0.05, 0.1) is 16.0 Å². The molecule has 29 heavy (non-hydrogen) atoms. The summed E-state index contributed by atoms with van der Waals surface area (Å²) < 4.78 is 26.7. The van der Waals surface area contributed by atoms with E-state index in [0.717, 1.165) is 29.5 Å². The lowest BCUT2D eigenvalue weighted by atomic mass is 9.89. The summed E-state index contributed by atoms with van der Waals surface area (Å²) in [7, 11) is -3.34. The van der Waals surface area contributed by atoms with E-state index in [2.05, 4.69) is 6.92 Å². The Bertz CT molecular complexity index is 1200. The molecule has 0 N–H and O–H groups in total. The van der Waals surface area contributed by atoms with E-state index < -0.39 is 9.84 Å². The molecule has 5 nitrogen and oxygen atoms in total. The van der Waals surface area contributed by atoms with E-state index in [9.17, 15) is 13.2 Å². The average Bonchev–Trinajstić information content (AvgIpc) is 3.06. The summed E-state index contributed by atoms with van der Waals surface area (Å²) in [6, 6.07) is 8.48. The summed E-state index contributed by atoms with van der Waals surface area (Å²) >= 11 is 2.98. The van der Waals surface area contributed by atoms with Crippen LogP contribution < -0.4 is 5.56 Å². The topological polar surface area (TPSA) is 69.0 Å². The molecule has 0 saturated carbocycles. The Morgan fingerprint density at radius 3 is 2.76 bits per heavy atom. The van der Waals surface area contributed by atoms with Crippen LogP contribution in [0.1, 0.15) is 30.7 Å². The Balaban J connectivity index is 1.62. The third-order valence-corrected chi connectivity index (χ3v) is 9.50. The van der Waals surface area contributed by atoms with Crippen LogP contribution in [0.5, 0.6) is 0 Å². The van der Waals surface area contributed by atoms with Crippen molar-refractivity contribution in [3.63, 3.8) is 0 Å². The standard InChI is InChI=1S/C21H24N2O3S3/c1-3-23-20(24)18-16-10-9-14(2)13-17(16)28-19(18)22-21(23)27-11-12-29(25,26)15-7-5-4-6-8-15/h4-8,14H,3,9-13H2,1-2H3. The van der Waals surface area contributed by atoms with Crippen molar-refractivity contribution in [1.29, 1.82) is 0 Å². The normalized spacial score (nSPS) is 16.8. The second kappa shape index (κ2) is 8.24. The molecular formula is C21H24N2O3S3. The third kappa shape index (κ3) is 4.02. The molecule has 0 amide bonds. The molecule has 3 aromatic rings. The molecule has 154 valence electrons. The average molecular weight is 449 g/mol. The Morgan fingerprint density at radius 2 is 2.03 bits per heavy atom. The third-order valence-electron chi connectivity index (χ3n) is 5.38. The molecule has 0 saturated heterocycles. The molecule has 1 aliphatic carbocycles. The zero-order valence-electron chi connectivity index (χ0n) is 16.6. The predicted octanol–water partition coefficient (Wildman–Crippen LogP) is 4.17. The molecule has 1 atom stereocenters. The highest BCUT2D eigenvalue weighted by molar-refractivity contribution is 8.00. The summed E-state index contributed by atoms with van der Waals surface area (Å²) in [4.78, 5) is 20.4. The van der Waals surface area contributed by atoms with Gasteiger partial charge in [0.1, 0.15) is 4.83 Å². The summed E-state index contributed by atoms with van der Waals surface area (Å²) in [6.07, 6.45) is 3.07. The number of rotatable bonds is 6. The molecular weight excluding hydrogens is 424 g/mol. The van der Waals surface area contributed by atoms with Gasteiger partial charge in [-0.1, -0.05) is 36.9 Å². The minimum atomic E-state index is -3.34. The molecule has 0 aliphatic heterocycles. The van der Waals surface area contributed by atoms with Crippen molar-refractivity contribution >= 4 is 43.2 Å². The summed E-state index contributed by atoms with van der Waals surface area (Å²) in [5.74, 6) is 1.01. The lowest BCUT2D eigenvalue weighted by Crippen LogP contribution is -2.23. The van der Waals surface area contributed by atoms with Crippen LogP contribution >= 0.6 is 23.1 Å². The zero-order valence-corrected chi connectivity index (χ0v) is 19.0. The number of nitrogens with zero attached hydrogens (tertiary/aromatic N) is 2. The van der Waals surface area contributed by atoms with Crippen LogP contribution in [0.15, 0.2) is 45.2 Å². The van der Waals surface area contributed by atoms with Gasteiger partial charge in [0, 0.05) is 17.2 Å². The van der Waals surface area contributed by atoms with E-state index in [4.69, 9.17) is 4.98 Å². The van der Waals surface area contributed by atoms with Gasteiger partial charge in [-0.15, -0.1) is 11.3 Å². The first-order valence-corrected chi connectivity index (χ1v) is 13.3. The molecule has 0 bridgehead atoms. The molecule has 1 aliphatic rings. The first kappa shape index (κ1) is 20.6. The molecule has 0 fully saturated rings. The van der Waals surface area contributed by atoms with Crippen molar-refractivity contribution in [1.82, 2.24) is 9.55 Å². The van der Waals surface area contributed by atoms with Crippen LogP contribution in [0, 0.1) is 5.92 Å². The van der Waals surface area contributed by atoms with Gasteiger partial charge >= 0.3 is 0 Å². The fourth-order valence-corrected chi connectivity index (χ4v) is 7.94. The van der Waals surface area contributed by atoms with Gasteiger partial charge in [0.2, 0.25) is 0 Å². The molecule has 1 aromatic carbocycles. The van der Waals surface area contributed by atoms with Crippen LogP contribution in [-0.4, -0.2) is 29.5 Å². The van der Waals surface area contributed by atoms with Crippen LogP contribution in [-0.2, 0) is 29.2 Å². The Kier molecular flexibility index (Phi) is 5.86. The smallest absolute Gasteiger partial charge is 0.263 e. The number of sulfone groups is 1. The lowest BCUT2D eigenvalue weighted by molar-refractivity contribution is 0.509. The SMILES string of the molecule is CCn1c(SCCS(=O)(=O)c2ccccc2)nc2sc3c(c2c1=O)CCC(C)C3. The van der Waals surface area contributed by atoms with Crippen LogP contribution in [0.25, 0.3) is 10.2 Å². The fourth-order valence-electron chi connectivity index (χ4n) is 3.78. The van der Waals surface area contributed by atoms with Gasteiger partial charge in [-0.3, -0.25) is 9.36 Å². The van der Waals surface area contributed by atoms with Crippen molar-refractivity contribution < 1.29 is 8.42 Å². The van der Waals surface area contributed by atoms with Gasteiger partial charge in [0.25, 0.3) is 5.56 Å². The van der Waals surface area contributed by atoms with E-state index in [1.807, 2.05) is 6.92 Å². The molecule has 1 unspecified atom stereocenters. The molecule has 2 aromatic heterocycles. The number of hydrogen-bond donors (Lipinski definition) is 0. The van der Waals surface area contributed by atoms with E-state index >= 15 is 0 Å². The second-order valence-electron chi connectivity index (χ2n) is 7.46. The van der Waals surface area contributed by atoms with Gasteiger partial charge in [0.15, 0.2) is 15.0 Å². The van der Waals surface area contributed by atoms with Crippen molar-refractivity contribution in [3.05, 3.63) is 51.1 Å². The Morgan fingerprint density at radius 1 is 1.28 bits per heavy atom. The predicted molar refractivity (Wildman–Crippen MR) is 120 cm³/mol. The number of benzene rings is 1. The van der Waals surface area contributed by atoms with Crippen LogP contribution in [0.3, 0.4) is 0 Å². The summed E-state index contributed by atoms with van der Waals surface area (Å²) in [5, 5.41) is 1.39. The Hall–Kier alpha value is -1.64. The number of thioether (sulfide) groups is 1. The maximum absolute atomic E-state index is 13.2. The first-order valence-electron chi connectivity index (χ1n) is 9.86. The van der Waals surface area contributed by atoms with Crippen molar-refractivity contribution in [2.75, 3.05) is 11.5 Å². The molecule has 4 rings (SSSR count). The van der Waals surface area contributed by atoms with Gasteiger partial charge in [-0.25, -0.2) is 13.4 Å². The van der Waals surface area contributed by atoms with Crippen molar-refractivity contribution in [2.45, 2.75) is 49.7 Å². The lowest BCUT2D eigenvalue weighted by Gasteiger charge is -2.17. The van der Waals surface area contributed by atoms with E-state index in [0.29, 0.717) is 28.3 Å². The molecule has 2 heterocycles. The molecule has 8 heteroatoms. The molecule has 0 radical (unpaired) electrons. The number of hydrogen-bond acceptors (Lipinski definition) is 6. The number of aromatic nitrogens is 2. The number of fused-ring (bicyclic) bond motifs is 3. The number of thiophene rings is 1. The number of aryl methyl sites for hydroxylation is 1. The van der Waals surface area contributed by atoms with E-state index in [1.54, 1.807) is 46.2 Å². The van der Waals surface area contributed by atoms with Crippen molar-refractivity contribution in [2.24, 2.45) is 5.92 Å². The first-order chi connectivity index (χ1) is 13.9. The van der Waals surface area contributed by atoms with Crippen LogP contribution in [0.4, 0.5) is 0 Å². The maximum atomic E-state index is 13.2. The van der Waals surface area contributed by atoms with Crippen LogP contribution in [0.2, 0.25) is 0 Å². The highest BCUT2D eigenvalue weighted by Crippen LogP contribution is 2.36. The second-order valence-corrected chi connectivity index (χ2v) is 11.7. The highest BCUT2D eigenvalue weighted by Gasteiger charge is 2.24. The zero-order chi connectivity index (χ0) is 20.6. The molecule has 0 spiro atoms. The van der Waals surface area contributed by atoms with E-state index in [1.165, 1.54) is 22.2 Å². The summed E-state index contributed by atoms with van der Waals surface area (Å²) in [5.41, 5.74) is 1.20. The monoisotopic (exact) mass is 448 g/mol. The highest BCUT2D eigenvalue weighted by atomic mass is 32.2. The maximum Gasteiger partial charge on any atom is 0.263 e. The van der Waals surface area contributed by atoms with Gasteiger partial charge < -0.3 is 0 Å². The largest absolute Gasteiger partial charge is 0.287 e. The van der Waals surface area contributed by atoms with Crippen molar-refractivity contribution in [3.8, 4) is 0 Å². The fraction of sp³-hybridized carbons (Fsp3) is 0.429. The Labute approximate surface area is 179 Å². The minimum Gasteiger partial charge on any atom is -0.287 e. The van der Waals surface area contributed by atoms with Gasteiger partial charge in [-0.05, 0) is 49.8 Å². The summed E-state index contributed by atoms with van der Waals surface area (Å²) in [6.45, 7) is 4.71.